The molecule has 5 nitrogen and oxygen atoms in total. The predicted octanol–water partition coefficient (Wildman–Crippen LogP) is 1.82. The van der Waals surface area contributed by atoms with Crippen molar-refractivity contribution in [3.8, 4) is 0 Å². The first-order chi connectivity index (χ1) is 7.42. The molecule has 2 heterocycles. The number of anilines is 2. The van der Waals surface area contributed by atoms with Gasteiger partial charge < -0.3 is 5.32 Å². The number of nitrogens with zero attached hydrogens (tertiary/aromatic N) is 3. The first kappa shape index (κ1) is 8.40. The fourth-order valence-corrected chi connectivity index (χ4v) is 1.50. The zero-order valence-electron chi connectivity index (χ0n) is 8.14. The normalized spacial score (nSPS) is 15.2. The van der Waals surface area contributed by atoms with Crippen molar-refractivity contribution in [2.24, 2.45) is 0 Å². The molecule has 0 radical (unpaired) electrons. The highest BCUT2D eigenvalue weighted by atomic mass is 15.2. The SMILES string of the molecule is c1cc(Nc2cc(C3CC3)[nH]n2)ncn1. The van der Waals surface area contributed by atoms with E-state index in [1.54, 1.807) is 6.20 Å². The van der Waals surface area contributed by atoms with Gasteiger partial charge in [0, 0.05) is 23.9 Å². The van der Waals surface area contributed by atoms with E-state index in [1.165, 1.54) is 24.9 Å². The van der Waals surface area contributed by atoms with Gasteiger partial charge in [0.05, 0.1) is 0 Å². The maximum atomic E-state index is 4.18. The largest absolute Gasteiger partial charge is 0.323 e. The first-order valence-electron chi connectivity index (χ1n) is 5.00. The Morgan fingerprint density at radius 3 is 3.00 bits per heavy atom. The molecule has 1 aliphatic rings. The highest BCUT2D eigenvalue weighted by Gasteiger charge is 2.25. The fraction of sp³-hybridized carbons (Fsp3) is 0.300. The molecular weight excluding hydrogens is 190 g/mol. The van der Waals surface area contributed by atoms with E-state index in [4.69, 9.17) is 0 Å². The van der Waals surface area contributed by atoms with Crippen LogP contribution in [0.2, 0.25) is 0 Å². The van der Waals surface area contributed by atoms with E-state index >= 15 is 0 Å². The molecule has 2 N–H and O–H groups in total. The Kier molecular flexibility index (Phi) is 1.87. The molecule has 0 aromatic carbocycles. The quantitative estimate of drug-likeness (QED) is 0.794. The van der Waals surface area contributed by atoms with E-state index < -0.39 is 0 Å². The van der Waals surface area contributed by atoms with E-state index in [1.807, 2.05) is 12.1 Å². The minimum atomic E-state index is 0.693. The summed E-state index contributed by atoms with van der Waals surface area (Å²) < 4.78 is 0. The molecule has 1 fully saturated rings. The Labute approximate surface area is 87.0 Å². The lowest BCUT2D eigenvalue weighted by atomic mass is 10.3. The Balaban J connectivity index is 1.76. The standard InChI is InChI=1S/C10H11N5/c1-2-7(1)8-5-10(15-14-8)13-9-3-4-11-6-12-9/h3-7H,1-2H2,(H2,11,12,13,14,15). The molecule has 1 aliphatic carbocycles. The number of aromatic amines is 1. The fourth-order valence-electron chi connectivity index (χ4n) is 1.50. The van der Waals surface area contributed by atoms with Crippen molar-refractivity contribution in [1.29, 1.82) is 0 Å². The number of H-pyrrole nitrogens is 1. The molecule has 0 amide bonds. The monoisotopic (exact) mass is 201 g/mol. The third-order valence-electron chi connectivity index (χ3n) is 2.45. The minimum absolute atomic E-state index is 0.693. The molecule has 0 saturated heterocycles. The molecule has 15 heavy (non-hydrogen) atoms. The van der Waals surface area contributed by atoms with E-state index in [9.17, 15) is 0 Å². The predicted molar refractivity (Wildman–Crippen MR) is 55.9 cm³/mol. The Morgan fingerprint density at radius 2 is 2.27 bits per heavy atom. The van der Waals surface area contributed by atoms with Crippen molar-refractivity contribution in [3.05, 3.63) is 30.4 Å². The van der Waals surface area contributed by atoms with Crippen LogP contribution in [0, 0.1) is 0 Å². The second-order valence-corrected chi connectivity index (χ2v) is 3.70. The van der Waals surface area contributed by atoms with Gasteiger partial charge >= 0.3 is 0 Å². The summed E-state index contributed by atoms with van der Waals surface area (Å²) in [6.07, 6.45) is 5.75. The molecule has 0 unspecified atom stereocenters. The van der Waals surface area contributed by atoms with Gasteiger partial charge in [0.1, 0.15) is 12.1 Å². The minimum Gasteiger partial charge on any atom is -0.323 e. The molecule has 2 aromatic heterocycles. The zero-order valence-corrected chi connectivity index (χ0v) is 8.14. The second kappa shape index (κ2) is 3.34. The Bertz CT molecular complexity index is 446. The number of aromatic nitrogens is 4. The maximum absolute atomic E-state index is 4.18. The molecule has 76 valence electrons. The van der Waals surface area contributed by atoms with Crippen LogP contribution < -0.4 is 5.32 Å². The summed E-state index contributed by atoms with van der Waals surface area (Å²) in [5, 5.41) is 10.3. The summed E-state index contributed by atoms with van der Waals surface area (Å²) >= 11 is 0. The van der Waals surface area contributed by atoms with Gasteiger partial charge in [-0.25, -0.2) is 9.97 Å². The van der Waals surface area contributed by atoms with Crippen LogP contribution in [0.15, 0.2) is 24.7 Å². The molecule has 3 rings (SSSR count). The Hall–Kier alpha value is -1.91. The summed E-state index contributed by atoms with van der Waals surface area (Å²) in [5.74, 6) is 2.27. The molecule has 0 bridgehead atoms. The van der Waals surface area contributed by atoms with Crippen LogP contribution in [0.5, 0.6) is 0 Å². The van der Waals surface area contributed by atoms with Gasteiger partial charge in [-0.15, -0.1) is 0 Å². The van der Waals surface area contributed by atoms with Crippen molar-refractivity contribution in [2.45, 2.75) is 18.8 Å². The number of rotatable bonds is 3. The van der Waals surface area contributed by atoms with E-state index in [0.717, 1.165) is 11.6 Å². The van der Waals surface area contributed by atoms with Gasteiger partial charge in [0.25, 0.3) is 0 Å². The molecule has 5 heteroatoms. The van der Waals surface area contributed by atoms with Crippen LogP contribution in [0.25, 0.3) is 0 Å². The summed E-state index contributed by atoms with van der Waals surface area (Å²) in [4.78, 5) is 7.92. The molecule has 0 atom stereocenters. The lowest BCUT2D eigenvalue weighted by Crippen LogP contribution is -1.93. The molecule has 0 spiro atoms. The lowest BCUT2D eigenvalue weighted by molar-refractivity contribution is 0.966. The first-order valence-corrected chi connectivity index (χ1v) is 5.00. The summed E-state index contributed by atoms with van der Waals surface area (Å²) in [6, 6.07) is 3.85. The maximum Gasteiger partial charge on any atom is 0.153 e. The summed E-state index contributed by atoms with van der Waals surface area (Å²) in [5.41, 5.74) is 1.21. The van der Waals surface area contributed by atoms with Gasteiger partial charge in [-0.2, -0.15) is 5.10 Å². The highest BCUT2D eigenvalue weighted by molar-refractivity contribution is 5.51. The number of hydrogen-bond donors (Lipinski definition) is 2. The Morgan fingerprint density at radius 1 is 1.33 bits per heavy atom. The smallest absolute Gasteiger partial charge is 0.153 e. The summed E-state index contributed by atoms with van der Waals surface area (Å²) in [6.45, 7) is 0. The van der Waals surface area contributed by atoms with Gasteiger partial charge in [0.2, 0.25) is 0 Å². The van der Waals surface area contributed by atoms with Crippen LogP contribution in [0.4, 0.5) is 11.6 Å². The van der Waals surface area contributed by atoms with Crippen LogP contribution in [0.3, 0.4) is 0 Å². The van der Waals surface area contributed by atoms with Crippen molar-refractivity contribution >= 4 is 11.6 Å². The van der Waals surface area contributed by atoms with Gasteiger partial charge in [0.15, 0.2) is 5.82 Å². The van der Waals surface area contributed by atoms with Crippen LogP contribution in [0.1, 0.15) is 24.5 Å². The second-order valence-electron chi connectivity index (χ2n) is 3.70. The van der Waals surface area contributed by atoms with E-state index in [0.29, 0.717) is 5.92 Å². The average Bonchev–Trinajstić information content (AvgIpc) is 3.02. The van der Waals surface area contributed by atoms with Crippen molar-refractivity contribution in [1.82, 2.24) is 20.2 Å². The third-order valence-corrected chi connectivity index (χ3v) is 2.45. The lowest BCUT2D eigenvalue weighted by Gasteiger charge is -1.98. The summed E-state index contributed by atoms with van der Waals surface area (Å²) in [7, 11) is 0. The van der Waals surface area contributed by atoms with Crippen LogP contribution >= 0.6 is 0 Å². The number of nitrogens with one attached hydrogen (secondary N) is 2. The van der Waals surface area contributed by atoms with Crippen molar-refractivity contribution in [2.75, 3.05) is 5.32 Å². The molecule has 2 aromatic rings. The van der Waals surface area contributed by atoms with E-state index in [2.05, 4.69) is 25.5 Å². The van der Waals surface area contributed by atoms with E-state index in [-0.39, 0.29) is 0 Å². The number of hydrogen-bond acceptors (Lipinski definition) is 4. The van der Waals surface area contributed by atoms with Gasteiger partial charge in [-0.1, -0.05) is 0 Å². The highest BCUT2D eigenvalue weighted by Crippen LogP contribution is 2.39. The topological polar surface area (TPSA) is 66.5 Å². The third kappa shape index (κ3) is 1.81. The molecular formula is C10H11N5. The van der Waals surface area contributed by atoms with Crippen molar-refractivity contribution < 1.29 is 0 Å². The zero-order chi connectivity index (χ0) is 10.1. The van der Waals surface area contributed by atoms with Crippen molar-refractivity contribution in [3.63, 3.8) is 0 Å². The van der Waals surface area contributed by atoms with Crippen LogP contribution in [-0.2, 0) is 0 Å². The van der Waals surface area contributed by atoms with Crippen LogP contribution in [-0.4, -0.2) is 20.2 Å². The molecule has 1 saturated carbocycles. The average molecular weight is 201 g/mol. The van der Waals surface area contributed by atoms with Gasteiger partial charge in [-0.3, -0.25) is 5.10 Å². The van der Waals surface area contributed by atoms with Gasteiger partial charge in [-0.05, 0) is 18.9 Å². The molecule has 0 aliphatic heterocycles.